The molecule has 1 aromatic heterocycles. The van der Waals surface area contributed by atoms with Gasteiger partial charge in [-0.25, -0.2) is 5.10 Å². The van der Waals surface area contributed by atoms with E-state index in [4.69, 9.17) is 17.3 Å². The summed E-state index contributed by atoms with van der Waals surface area (Å²) in [6.45, 7) is 3.13. The highest BCUT2D eigenvalue weighted by molar-refractivity contribution is 6.30. The molecule has 8 nitrogen and oxygen atoms in total. The lowest BCUT2D eigenvalue weighted by Gasteiger charge is -2.39. The lowest BCUT2D eigenvalue weighted by atomic mass is 9.99. The number of nitrogen functional groups attached to an aromatic ring is 1. The van der Waals surface area contributed by atoms with E-state index < -0.39 is 11.4 Å². The van der Waals surface area contributed by atoms with Crippen LogP contribution in [0, 0.1) is 5.41 Å². The van der Waals surface area contributed by atoms with Crippen molar-refractivity contribution in [1.82, 2.24) is 20.1 Å². The van der Waals surface area contributed by atoms with Crippen molar-refractivity contribution in [3.63, 3.8) is 0 Å². The Morgan fingerprint density at radius 2 is 2.00 bits per heavy atom. The van der Waals surface area contributed by atoms with Crippen LogP contribution in [0.4, 0.5) is 11.9 Å². The number of carboxylic acids is 1. The van der Waals surface area contributed by atoms with Crippen molar-refractivity contribution < 1.29 is 9.90 Å². The van der Waals surface area contributed by atoms with Crippen molar-refractivity contribution in [2.45, 2.75) is 38.1 Å². The minimum absolute atomic E-state index is 0.323. The van der Waals surface area contributed by atoms with Gasteiger partial charge < -0.3 is 15.7 Å². The molecular weight excluding hydrogens is 392 g/mol. The molecule has 4 rings (SSSR count). The Labute approximate surface area is 175 Å². The fraction of sp³-hybridized carbons (Fsp3) is 0.550. The van der Waals surface area contributed by atoms with Crippen LogP contribution >= 0.6 is 11.6 Å². The van der Waals surface area contributed by atoms with Gasteiger partial charge in [-0.1, -0.05) is 23.7 Å². The van der Waals surface area contributed by atoms with Gasteiger partial charge >= 0.3 is 5.97 Å². The predicted octanol–water partition coefficient (Wildman–Crippen LogP) is 2.42. The van der Waals surface area contributed by atoms with E-state index in [0.29, 0.717) is 24.5 Å². The average Bonchev–Trinajstić information content (AvgIpc) is 3.39. The van der Waals surface area contributed by atoms with Crippen LogP contribution in [0.2, 0.25) is 5.02 Å². The summed E-state index contributed by atoms with van der Waals surface area (Å²) in [7, 11) is 0. The molecule has 1 aromatic carbocycles. The SMILES string of the molecule is Nc1nc(N2CCC(N(CCc3ccc(Cl)cc3)CC3(C(=O)O)CC3)CC2)n[nH]1. The molecule has 29 heavy (non-hydrogen) atoms. The van der Waals surface area contributed by atoms with Gasteiger partial charge in [0.15, 0.2) is 0 Å². The number of H-pyrrole nitrogens is 1. The molecule has 1 aliphatic carbocycles. The van der Waals surface area contributed by atoms with Crippen LogP contribution in [0.5, 0.6) is 0 Å². The van der Waals surface area contributed by atoms with Crippen LogP contribution in [0.1, 0.15) is 31.2 Å². The molecule has 9 heteroatoms. The van der Waals surface area contributed by atoms with E-state index in [1.807, 2.05) is 24.3 Å². The Hall–Kier alpha value is -2.32. The van der Waals surface area contributed by atoms with E-state index in [1.165, 1.54) is 5.56 Å². The fourth-order valence-corrected chi connectivity index (χ4v) is 4.26. The van der Waals surface area contributed by atoms with Crippen LogP contribution in [0.15, 0.2) is 24.3 Å². The molecule has 1 saturated carbocycles. The summed E-state index contributed by atoms with van der Waals surface area (Å²) in [5.41, 5.74) is 6.30. The number of aromatic amines is 1. The first-order chi connectivity index (χ1) is 13.9. The zero-order chi connectivity index (χ0) is 20.4. The summed E-state index contributed by atoms with van der Waals surface area (Å²) in [5.74, 6) is 0.296. The Bertz CT molecular complexity index is 843. The van der Waals surface area contributed by atoms with Gasteiger partial charge in [-0.05, 0) is 49.8 Å². The van der Waals surface area contributed by atoms with Crippen LogP contribution in [0.25, 0.3) is 0 Å². The van der Waals surface area contributed by atoms with Crippen LogP contribution in [-0.2, 0) is 11.2 Å². The van der Waals surface area contributed by atoms with Crippen molar-refractivity contribution >= 4 is 29.5 Å². The number of aromatic nitrogens is 3. The number of rotatable bonds is 8. The topological polar surface area (TPSA) is 111 Å². The Morgan fingerprint density at radius 3 is 2.55 bits per heavy atom. The number of nitrogens with two attached hydrogens (primary N) is 1. The molecule has 0 atom stereocenters. The minimum atomic E-state index is -0.664. The Balaban J connectivity index is 1.40. The van der Waals surface area contributed by atoms with E-state index in [0.717, 1.165) is 56.8 Å². The number of nitrogens with zero attached hydrogens (tertiary/aromatic N) is 4. The summed E-state index contributed by atoms with van der Waals surface area (Å²) < 4.78 is 0. The number of halogens is 1. The highest BCUT2D eigenvalue weighted by Gasteiger charge is 2.51. The lowest BCUT2D eigenvalue weighted by Crippen LogP contribution is -2.48. The number of carbonyl (C=O) groups is 1. The van der Waals surface area contributed by atoms with E-state index in [-0.39, 0.29) is 0 Å². The van der Waals surface area contributed by atoms with Crippen molar-refractivity contribution in [2.75, 3.05) is 36.8 Å². The van der Waals surface area contributed by atoms with Crippen LogP contribution < -0.4 is 10.6 Å². The van der Waals surface area contributed by atoms with Gasteiger partial charge in [0.25, 0.3) is 0 Å². The first kappa shape index (κ1) is 20.0. The van der Waals surface area contributed by atoms with E-state index >= 15 is 0 Å². The molecule has 0 unspecified atom stereocenters. The minimum Gasteiger partial charge on any atom is -0.481 e. The van der Waals surface area contributed by atoms with Gasteiger partial charge in [-0.3, -0.25) is 9.69 Å². The number of hydrogen-bond acceptors (Lipinski definition) is 6. The Kier molecular flexibility index (Phi) is 5.65. The molecule has 2 heterocycles. The van der Waals surface area contributed by atoms with Gasteiger partial charge in [-0.15, -0.1) is 5.10 Å². The molecule has 0 bridgehead atoms. The molecule has 2 aromatic rings. The third-order valence-corrected chi connectivity index (χ3v) is 6.42. The highest BCUT2D eigenvalue weighted by atomic mass is 35.5. The maximum atomic E-state index is 11.8. The summed E-state index contributed by atoms with van der Waals surface area (Å²) in [4.78, 5) is 20.5. The smallest absolute Gasteiger partial charge is 0.310 e. The molecule has 2 aliphatic rings. The molecule has 4 N–H and O–H groups in total. The van der Waals surface area contributed by atoms with Gasteiger partial charge in [0.1, 0.15) is 0 Å². The molecule has 2 fully saturated rings. The normalized spacial score (nSPS) is 18.9. The van der Waals surface area contributed by atoms with E-state index in [9.17, 15) is 9.90 Å². The highest BCUT2D eigenvalue weighted by Crippen LogP contribution is 2.47. The van der Waals surface area contributed by atoms with Gasteiger partial charge in [-0.2, -0.15) is 4.98 Å². The van der Waals surface area contributed by atoms with Gasteiger partial charge in [0.05, 0.1) is 5.41 Å². The number of benzene rings is 1. The van der Waals surface area contributed by atoms with Gasteiger partial charge in [0.2, 0.25) is 11.9 Å². The number of anilines is 2. The zero-order valence-corrected chi connectivity index (χ0v) is 17.1. The second-order valence-electron chi connectivity index (χ2n) is 8.17. The molecule has 1 saturated heterocycles. The van der Waals surface area contributed by atoms with E-state index in [1.54, 1.807) is 0 Å². The van der Waals surface area contributed by atoms with Crippen molar-refractivity contribution in [2.24, 2.45) is 5.41 Å². The molecular formula is C20H27ClN6O2. The molecule has 0 spiro atoms. The maximum absolute atomic E-state index is 11.8. The van der Waals surface area contributed by atoms with Gasteiger partial charge in [0, 0.05) is 37.2 Å². The second kappa shape index (κ2) is 8.20. The first-order valence-electron chi connectivity index (χ1n) is 10.1. The fourth-order valence-electron chi connectivity index (χ4n) is 4.13. The summed E-state index contributed by atoms with van der Waals surface area (Å²) >= 11 is 5.99. The quantitative estimate of drug-likeness (QED) is 0.603. The average molecular weight is 419 g/mol. The lowest BCUT2D eigenvalue weighted by molar-refractivity contribution is -0.144. The number of nitrogens with one attached hydrogen (secondary N) is 1. The number of carboxylic acid groups (broad SMARTS) is 1. The number of hydrogen-bond donors (Lipinski definition) is 3. The maximum Gasteiger partial charge on any atom is 0.310 e. The first-order valence-corrected chi connectivity index (χ1v) is 10.5. The van der Waals surface area contributed by atoms with Crippen molar-refractivity contribution in [3.05, 3.63) is 34.9 Å². The molecule has 0 amide bonds. The molecule has 0 radical (unpaired) electrons. The van der Waals surface area contributed by atoms with Crippen LogP contribution in [-0.4, -0.2) is 63.4 Å². The summed E-state index contributed by atoms with van der Waals surface area (Å²) in [5, 5.41) is 17.2. The largest absolute Gasteiger partial charge is 0.481 e. The predicted molar refractivity (Wildman–Crippen MR) is 112 cm³/mol. The van der Waals surface area contributed by atoms with E-state index in [2.05, 4.69) is 25.0 Å². The monoisotopic (exact) mass is 418 g/mol. The standard InChI is InChI=1S/C20H27ClN6O2/c21-15-3-1-14(2-4-15)5-10-27(13-20(8-9-20)17(28)29)16-6-11-26(12-7-16)19-23-18(22)24-25-19/h1-4,16H,5-13H2,(H,28,29)(H3,22,23,24,25). The van der Waals surface area contributed by atoms with Crippen molar-refractivity contribution in [1.29, 1.82) is 0 Å². The summed E-state index contributed by atoms with van der Waals surface area (Å²) in [6, 6.07) is 8.25. The zero-order valence-electron chi connectivity index (χ0n) is 16.4. The summed E-state index contributed by atoms with van der Waals surface area (Å²) in [6.07, 6.45) is 4.32. The third-order valence-electron chi connectivity index (χ3n) is 6.17. The molecule has 1 aliphatic heterocycles. The van der Waals surface area contributed by atoms with Crippen molar-refractivity contribution in [3.8, 4) is 0 Å². The molecule has 156 valence electrons. The number of aliphatic carboxylic acids is 1. The van der Waals surface area contributed by atoms with Crippen LogP contribution in [0.3, 0.4) is 0 Å². The Morgan fingerprint density at radius 1 is 1.31 bits per heavy atom. The third kappa shape index (κ3) is 4.64. The number of piperidine rings is 1. The second-order valence-corrected chi connectivity index (χ2v) is 8.61.